The van der Waals surface area contributed by atoms with Crippen molar-refractivity contribution in [1.82, 2.24) is 24.6 Å². The van der Waals surface area contributed by atoms with Crippen molar-refractivity contribution >= 4 is 28.2 Å². The normalized spacial score (nSPS) is 17.1. The molecular weight excluding hydrogens is 522 g/mol. The smallest absolute Gasteiger partial charge is 0.264 e. The fourth-order valence-electron chi connectivity index (χ4n) is 6.27. The van der Waals surface area contributed by atoms with Gasteiger partial charge < -0.3 is 4.57 Å². The Hall–Kier alpha value is -4.50. The second kappa shape index (κ2) is 9.85. The molecule has 0 unspecified atom stereocenters. The Bertz CT molecular complexity index is 1830. The maximum absolute atomic E-state index is 15.2. The van der Waals surface area contributed by atoms with Gasteiger partial charge in [0.05, 0.1) is 11.3 Å². The fourth-order valence-corrected chi connectivity index (χ4v) is 6.27. The van der Waals surface area contributed by atoms with E-state index < -0.39 is 5.82 Å². The van der Waals surface area contributed by atoms with E-state index in [0.29, 0.717) is 51.7 Å². The number of benzene rings is 3. The molecule has 0 aliphatic carbocycles. The van der Waals surface area contributed by atoms with Crippen LogP contribution < -0.4 is 4.90 Å². The number of anilines is 2. The van der Waals surface area contributed by atoms with Crippen molar-refractivity contribution in [2.75, 3.05) is 18.0 Å². The third-order valence-corrected chi connectivity index (χ3v) is 8.14. The predicted octanol–water partition coefficient (Wildman–Crippen LogP) is 6.50. The van der Waals surface area contributed by atoms with Crippen LogP contribution in [0.2, 0.25) is 0 Å². The van der Waals surface area contributed by atoms with E-state index in [0.717, 1.165) is 36.2 Å². The lowest BCUT2D eigenvalue weighted by molar-refractivity contribution is 0.100. The first-order valence-corrected chi connectivity index (χ1v) is 13.8. The number of likely N-dealkylation sites (tertiary alicyclic amines) is 1. The van der Waals surface area contributed by atoms with Crippen molar-refractivity contribution in [2.24, 2.45) is 13.0 Å². The zero-order valence-corrected chi connectivity index (χ0v) is 22.8. The molecule has 0 radical (unpaired) electrons. The number of aryl methyl sites for hydroxylation is 1. The van der Waals surface area contributed by atoms with Crippen molar-refractivity contribution in [2.45, 2.75) is 26.3 Å². The summed E-state index contributed by atoms with van der Waals surface area (Å²) in [6.45, 7) is 4.92. The first-order valence-electron chi connectivity index (χ1n) is 13.8. The third kappa shape index (κ3) is 4.37. The number of carbonyl (C=O) groups is 1. The molecule has 1 atom stereocenters. The van der Waals surface area contributed by atoms with E-state index in [9.17, 15) is 9.18 Å². The molecule has 0 saturated carbocycles. The quantitative estimate of drug-likeness (QED) is 0.250. The van der Waals surface area contributed by atoms with Crippen LogP contribution in [0, 0.1) is 17.6 Å². The number of amides is 1. The number of hydrogen-bond donors (Lipinski definition) is 0. The van der Waals surface area contributed by atoms with Gasteiger partial charge in [0.25, 0.3) is 5.91 Å². The Morgan fingerprint density at radius 2 is 1.88 bits per heavy atom. The Kier molecular flexibility index (Phi) is 6.12. The van der Waals surface area contributed by atoms with Gasteiger partial charge in [-0.25, -0.2) is 13.8 Å². The molecule has 2 aromatic heterocycles. The fraction of sp³-hybridized carbons (Fsp3) is 0.250. The van der Waals surface area contributed by atoms with E-state index >= 15 is 4.39 Å². The molecule has 1 fully saturated rings. The van der Waals surface area contributed by atoms with Crippen LogP contribution >= 0.6 is 0 Å². The average Bonchev–Trinajstić information content (AvgIpc) is 3.51. The van der Waals surface area contributed by atoms with Crippen LogP contribution in [0.5, 0.6) is 0 Å². The number of piperidine rings is 1. The van der Waals surface area contributed by atoms with Gasteiger partial charge in [-0.2, -0.15) is 0 Å². The highest BCUT2D eigenvalue weighted by Crippen LogP contribution is 2.44. The van der Waals surface area contributed by atoms with Crippen LogP contribution in [0.4, 0.5) is 20.3 Å². The van der Waals surface area contributed by atoms with Crippen LogP contribution in [0.3, 0.4) is 0 Å². The van der Waals surface area contributed by atoms with Crippen molar-refractivity contribution in [3.63, 3.8) is 0 Å². The molecule has 9 heteroatoms. The Balaban J connectivity index is 1.30. The molecule has 1 amide bonds. The van der Waals surface area contributed by atoms with E-state index in [1.807, 2.05) is 18.2 Å². The number of aromatic nitrogens is 4. The van der Waals surface area contributed by atoms with Gasteiger partial charge in [-0.15, -0.1) is 10.2 Å². The highest BCUT2D eigenvalue weighted by molar-refractivity contribution is 6.27. The molecular formula is C32H28F2N6O. The van der Waals surface area contributed by atoms with Crippen molar-refractivity contribution < 1.29 is 13.6 Å². The Morgan fingerprint density at radius 1 is 1.00 bits per heavy atom. The van der Waals surface area contributed by atoms with Gasteiger partial charge in [-0.05, 0) is 90.5 Å². The lowest BCUT2D eigenvalue weighted by atomic mass is 9.98. The van der Waals surface area contributed by atoms with Crippen molar-refractivity contribution in [3.8, 4) is 22.5 Å². The summed E-state index contributed by atoms with van der Waals surface area (Å²) in [6, 6.07) is 14.9. The third-order valence-electron chi connectivity index (χ3n) is 8.14. The molecule has 0 spiro atoms. The summed E-state index contributed by atoms with van der Waals surface area (Å²) in [5.41, 5.74) is 4.02. The van der Waals surface area contributed by atoms with Crippen LogP contribution in [0.25, 0.3) is 33.3 Å². The summed E-state index contributed by atoms with van der Waals surface area (Å²) < 4.78 is 31.2. The Labute approximate surface area is 236 Å². The van der Waals surface area contributed by atoms with E-state index in [-0.39, 0.29) is 11.7 Å². The van der Waals surface area contributed by atoms with E-state index in [4.69, 9.17) is 0 Å². The van der Waals surface area contributed by atoms with Gasteiger partial charge in [0.2, 0.25) is 0 Å². The number of rotatable bonds is 5. The van der Waals surface area contributed by atoms with Gasteiger partial charge in [-0.1, -0.05) is 13.0 Å². The zero-order chi connectivity index (χ0) is 28.2. The Morgan fingerprint density at radius 3 is 2.68 bits per heavy atom. The standard InChI is InChI=1S/C32H28F2N6O/c1-19-4-3-11-39(16-19)17-20-12-25-27(34)7-8-28-30(25)26(13-20)32(41)40(28)29-14-21(9-10-35-29)23-6-5-22(33)15-24(23)31-37-36-18-38(31)2/h5-10,12-15,18-19H,3-4,11,16-17H2,1-2H3/t19-/m0/s1. The molecule has 1 saturated heterocycles. The van der Waals surface area contributed by atoms with Crippen LogP contribution in [0.15, 0.2) is 67.1 Å². The number of pyridine rings is 1. The zero-order valence-electron chi connectivity index (χ0n) is 22.8. The topological polar surface area (TPSA) is 67.2 Å². The molecule has 3 aromatic carbocycles. The molecule has 2 aliphatic heterocycles. The van der Waals surface area contributed by atoms with Gasteiger partial charge in [0.1, 0.15) is 23.8 Å². The second-order valence-corrected chi connectivity index (χ2v) is 11.1. The molecule has 2 aliphatic rings. The molecule has 7 rings (SSSR count). The van der Waals surface area contributed by atoms with Crippen LogP contribution in [-0.4, -0.2) is 43.6 Å². The van der Waals surface area contributed by atoms with E-state index in [1.165, 1.54) is 24.6 Å². The summed E-state index contributed by atoms with van der Waals surface area (Å²) in [6.07, 6.45) is 5.53. The van der Waals surface area contributed by atoms with Crippen LogP contribution in [0.1, 0.15) is 35.7 Å². The molecule has 0 N–H and O–H groups in total. The average molecular weight is 551 g/mol. The van der Waals surface area contributed by atoms with Gasteiger partial charge in [-0.3, -0.25) is 14.6 Å². The molecule has 0 bridgehead atoms. The lowest BCUT2D eigenvalue weighted by Crippen LogP contribution is -2.33. The van der Waals surface area contributed by atoms with Crippen molar-refractivity contribution in [3.05, 3.63) is 89.9 Å². The summed E-state index contributed by atoms with van der Waals surface area (Å²) in [5, 5.41) is 9.15. The number of nitrogens with zero attached hydrogens (tertiary/aromatic N) is 6. The first kappa shape index (κ1) is 25.5. The molecule has 41 heavy (non-hydrogen) atoms. The minimum atomic E-state index is -0.394. The van der Waals surface area contributed by atoms with E-state index in [1.54, 1.807) is 47.2 Å². The van der Waals surface area contributed by atoms with Gasteiger partial charge in [0, 0.05) is 42.7 Å². The number of halogens is 2. The SMILES string of the molecule is C[C@H]1CCCN(Cc2cc3c4c(ccc(F)c4c2)N(c2cc(-c4ccc(F)cc4-c4nncn4C)ccn2)C3=O)C1. The lowest BCUT2D eigenvalue weighted by Gasteiger charge is -2.30. The first-order chi connectivity index (χ1) is 19.9. The van der Waals surface area contributed by atoms with Gasteiger partial charge in [0.15, 0.2) is 5.82 Å². The highest BCUT2D eigenvalue weighted by atomic mass is 19.1. The summed E-state index contributed by atoms with van der Waals surface area (Å²) in [7, 11) is 1.79. The van der Waals surface area contributed by atoms with Gasteiger partial charge >= 0.3 is 0 Å². The second-order valence-electron chi connectivity index (χ2n) is 11.1. The maximum atomic E-state index is 15.2. The van der Waals surface area contributed by atoms with E-state index in [2.05, 4.69) is 27.0 Å². The number of carbonyl (C=O) groups excluding carboxylic acids is 1. The minimum absolute atomic E-state index is 0.248. The summed E-state index contributed by atoms with van der Waals surface area (Å²) in [5.74, 6) is 0.536. The summed E-state index contributed by atoms with van der Waals surface area (Å²) >= 11 is 0. The molecule has 7 nitrogen and oxygen atoms in total. The maximum Gasteiger partial charge on any atom is 0.264 e. The monoisotopic (exact) mass is 550 g/mol. The molecule has 206 valence electrons. The molecule has 5 aromatic rings. The van der Waals surface area contributed by atoms with Crippen LogP contribution in [-0.2, 0) is 13.6 Å². The van der Waals surface area contributed by atoms with Crippen molar-refractivity contribution in [1.29, 1.82) is 0 Å². The minimum Gasteiger partial charge on any atom is -0.317 e. The largest absolute Gasteiger partial charge is 0.317 e. The predicted molar refractivity (Wildman–Crippen MR) is 154 cm³/mol. The highest BCUT2D eigenvalue weighted by Gasteiger charge is 2.34. The molecule has 4 heterocycles. The number of hydrogen-bond acceptors (Lipinski definition) is 5. The summed E-state index contributed by atoms with van der Waals surface area (Å²) in [4.78, 5) is 22.4.